The third-order valence-corrected chi connectivity index (χ3v) is 3.21. The molecular weight excluding hydrogens is 227 g/mol. The van der Waals surface area contributed by atoms with Crippen LogP contribution in [-0.4, -0.2) is 19.6 Å². The van der Waals surface area contributed by atoms with E-state index in [9.17, 15) is 4.39 Å². The summed E-state index contributed by atoms with van der Waals surface area (Å²) in [4.78, 5) is 1.99. The summed E-state index contributed by atoms with van der Waals surface area (Å²) in [6.07, 6.45) is 3.35. The molecule has 2 nitrogen and oxygen atoms in total. The van der Waals surface area contributed by atoms with E-state index in [0.717, 1.165) is 25.8 Å². The van der Waals surface area contributed by atoms with Crippen LogP contribution in [0, 0.1) is 11.7 Å². The summed E-state index contributed by atoms with van der Waals surface area (Å²) in [5, 5.41) is 0. The lowest BCUT2D eigenvalue weighted by Crippen LogP contribution is -2.25. The first-order chi connectivity index (χ1) is 8.50. The molecule has 2 atom stereocenters. The van der Waals surface area contributed by atoms with Crippen molar-refractivity contribution in [2.75, 3.05) is 18.5 Å². The molecule has 2 unspecified atom stereocenters. The first-order valence-corrected chi connectivity index (χ1v) is 6.72. The van der Waals surface area contributed by atoms with Gasteiger partial charge in [0.2, 0.25) is 0 Å². The van der Waals surface area contributed by atoms with Gasteiger partial charge < -0.3 is 10.6 Å². The second-order valence-corrected chi connectivity index (χ2v) is 5.35. The van der Waals surface area contributed by atoms with Gasteiger partial charge in [-0.25, -0.2) is 4.39 Å². The van der Waals surface area contributed by atoms with Gasteiger partial charge in [-0.2, -0.15) is 0 Å². The summed E-state index contributed by atoms with van der Waals surface area (Å²) in [5.41, 5.74) is 6.41. The van der Waals surface area contributed by atoms with Gasteiger partial charge in [0.1, 0.15) is 5.82 Å². The first-order valence-electron chi connectivity index (χ1n) is 6.72. The highest BCUT2D eigenvalue weighted by Gasteiger charge is 2.10. The molecule has 1 aromatic rings. The number of nitrogens with zero attached hydrogens (tertiary/aromatic N) is 1. The number of nitrogens with two attached hydrogens (primary N) is 1. The molecule has 0 aliphatic rings. The van der Waals surface area contributed by atoms with Crippen LogP contribution in [0.4, 0.5) is 10.1 Å². The van der Waals surface area contributed by atoms with Gasteiger partial charge in [0.25, 0.3) is 0 Å². The van der Waals surface area contributed by atoms with Crippen LogP contribution >= 0.6 is 0 Å². The van der Waals surface area contributed by atoms with Crippen molar-refractivity contribution in [3.63, 3.8) is 0 Å². The SMILES string of the molecule is CC(N)CCCC(C)CN(C)c1ccccc1F. The molecule has 1 rings (SSSR count). The number of benzene rings is 1. The quantitative estimate of drug-likeness (QED) is 0.805. The van der Waals surface area contributed by atoms with Crippen molar-refractivity contribution < 1.29 is 4.39 Å². The minimum atomic E-state index is -0.150. The summed E-state index contributed by atoms with van der Waals surface area (Å²) in [7, 11) is 1.94. The Morgan fingerprint density at radius 1 is 1.22 bits per heavy atom. The Labute approximate surface area is 110 Å². The molecule has 0 fully saturated rings. The monoisotopic (exact) mass is 252 g/mol. The Morgan fingerprint density at radius 3 is 2.50 bits per heavy atom. The Balaban J connectivity index is 2.40. The molecule has 0 heterocycles. The summed E-state index contributed by atoms with van der Waals surface area (Å²) in [6, 6.07) is 7.20. The molecule has 0 spiro atoms. The second kappa shape index (κ2) is 7.37. The lowest BCUT2D eigenvalue weighted by atomic mass is 10.0. The molecule has 0 saturated heterocycles. The van der Waals surface area contributed by atoms with Crippen LogP contribution in [-0.2, 0) is 0 Å². The van der Waals surface area contributed by atoms with Crippen LogP contribution in [0.3, 0.4) is 0 Å². The van der Waals surface area contributed by atoms with Crippen LogP contribution in [0.2, 0.25) is 0 Å². The predicted molar refractivity (Wildman–Crippen MR) is 76.3 cm³/mol. The van der Waals surface area contributed by atoms with Gasteiger partial charge in [-0.3, -0.25) is 0 Å². The van der Waals surface area contributed by atoms with Gasteiger partial charge in [-0.05, 0) is 37.8 Å². The molecule has 0 aliphatic heterocycles. The minimum absolute atomic E-state index is 0.150. The summed E-state index contributed by atoms with van der Waals surface area (Å²) < 4.78 is 13.6. The van der Waals surface area contributed by atoms with Gasteiger partial charge in [-0.1, -0.05) is 25.5 Å². The van der Waals surface area contributed by atoms with Gasteiger partial charge in [0.05, 0.1) is 5.69 Å². The van der Waals surface area contributed by atoms with Crippen LogP contribution < -0.4 is 10.6 Å². The lowest BCUT2D eigenvalue weighted by Gasteiger charge is -2.24. The maximum atomic E-state index is 13.6. The summed E-state index contributed by atoms with van der Waals surface area (Å²) >= 11 is 0. The van der Waals surface area contributed by atoms with Crippen molar-refractivity contribution in [2.45, 2.75) is 39.2 Å². The second-order valence-electron chi connectivity index (χ2n) is 5.35. The maximum Gasteiger partial charge on any atom is 0.146 e. The number of anilines is 1. The zero-order valence-electron chi connectivity index (χ0n) is 11.7. The number of para-hydroxylation sites is 1. The lowest BCUT2D eigenvalue weighted by molar-refractivity contribution is 0.478. The first kappa shape index (κ1) is 15.0. The number of hydrogen-bond acceptors (Lipinski definition) is 2. The molecule has 0 bridgehead atoms. The van der Waals surface area contributed by atoms with E-state index in [2.05, 4.69) is 6.92 Å². The Bertz CT molecular complexity index is 352. The maximum absolute atomic E-state index is 13.6. The van der Waals surface area contributed by atoms with Crippen molar-refractivity contribution in [3.8, 4) is 0 Å². The zero-order chi connectivity index (χ0) is 13.5. The van der Waals surface area contributed by atoms with E-state index in [1.54, 1.807) is 6.07 Å². The largest absolute Gasteiger partial charge is 0.372 e. The fourth-order valence-corrected chi connectivity index (χ4v) is 2.21. The average molecular weight is 252 g/mol. The van der Waals surface area contributed by atoms with E-state index in [1.807, 2.05) is 31.0 Å². The summed E-state index contributed by atoms with van der Waals surface area (Å²) in [5.74, 6) is 0.399. The average Bonchev–Trinajstić information content (AvgIpc) is 2.28. The number of rotatable bonds is 7. The van der Waals surface area contributed by atoms with Gasteiger partial charge in [0, 0.05) is 19.6 Å². The van der Waals surface area contributed by atoms with Gasteiger partial charge >= 0.3 is 0 Å². The Kier molecular flexibility index (Phi) is 6.13. The van der Waals surface area contributed by atoms with Crippen molar-refractivity contribution in [1.29, 1.82) is 0 Å². The van der Waals surface area contributed by atoms with Crippen LogP contribution in [0.15, 0.2) is 24.3 Å². The molecule has 102 valence electrons. The molecule has 3 heteroatoms. The fraction of sp³-hybridized carbons (Fsp3) is 0.600. The number of hydrogen-bond donors (Lipinski definition) is 1. The fourth-order valence-electron chi connectivity index (χ4n) is 2.21. The predicted octanol–water partition coefficient (Wildman–Crippen LogP) is 3.42. The highest BCUT2D eigenvalue weighted by molar-refractivity contribution is 5.46. The highest BCUT2D eigenvalue weighted by Crippen LogP contribution is 2.19. The van der Waals surface area contributed by atoms with Gasteiger partial charge in [0.15, 0.2) is 0 Å². The van der Waals surface area contributed by atoms with E-state index in [1.165, 1.54) is 6.07 Å². The van der Waals surface area contributed by atoms with Crippen molar-refractivity contribution >= 4 is 5.69 Å². The summed E-state index contributed by atoms with van der Waals surface area (Å²) in [6.45, 7) is 5.12. The Hall–Kier alpha value is -1.09. The molecule has 0 saturated carbocycles. The normalized spacial score (nSPS) is 14.3. The van der Waals surface area contributed by atoms with Crippen molar-refractivity contribution in [1.82, 2.24) is 0 Å². The molecule has 0 aromatic heterocycles. The van der Waals surface area contributed by atoms with Gasteiger partial charge in [-0.15, -0.1) is 0 Å². The van der Waals surface area contributed by atoms with Crippen LogP contribution in [0.25, 0.3) is 0 Å². The van der Waals surface area contributed by atoms with Crippen molar-refractivity contribution in [3.05, 3.63) is 30.1 Å². The third-order valence-electron chi connectivity index (χ3n) is 3.21. The Morgan fingerprint density at radius 2 is 1.89 bits per heavy atom. The smallest absolute Gasteiger partial charge is 0.146 e. The number of halogens is 1. The molecule has 0 amide bonds. The molecule has 2 N–H and O–H groups in total. The van der Waals surface area contributed by atoms with E-state index in [0.29, 0.717) is 11.6 Å². The van der Waals surface area contributed by atoms with E-state index in [-0.39, 0.29) is 11.9 Å². The minimum Gasteiger partial charge on any atom is -0.372 e. The zero-order valence-corrected chi connectivity index (χ0v) is 11.7. The van der Waals surface area contributed by atoms with E-state index >= 15 is 0 Å². The topological polar surface area (TPSA) is 29.3 Å². The molecule has 0 aliphatic carbocycles. The molecular formula is C15H25FN2. The standard InChI is InChI=1S/C15H25FN2/c1-12(7-6-8-13(2)17)11-18(3)15-10-5-4-9-14(15)16/h4-5,9-10,12-13H,6-8,11,17H2,1-3H3. The van der Waals surface area contributed by atoms with E-state index in [4.69, 9.17) is 5.73 Å². The molecule has 0 radical (unpaired) electrons. The van der Waals surface area contributed by atoms with Crippen LogP contribution in [0.5, 0.6) is 0 Å². The molecule has 18 heavy (non-hydrogen) atoms. The van der Waals surface area contributed by atoms with E-state index < -0.39 is 0 Å². The van der Waals surface area contributed by atoms with Crippen molar-refractivity contribution in [2.24, 2.45) is 11.7 Å². The molecule has 1 aromatic carbocycles. The van der Waals surface area contributed by atoms with Crippen LogP contribution in [0.1, 0.15) is 33.1 Å². The highest BCUT2D eigenvalue weighted by atomic mass is 19.1. The third kappa shape index (κ3) is 5.05.